The van der Waals surface area contributed by atoms with Crippen molar-refractivity contribution in [2.24, 2.45) is 23.5 Å². The summed E-state index contributed by atoms with van der Waals surface area (Å²) < 4.78 is 40.4. The number of benzene rings is 2. The molecule has 3 amide bonds. The lowest BCUT2D eigenvalue weighted by molar-refractivity contribution is -0.137. The van der Waals surface area contributed by atoms with Crippen molar-refractivity contribution in [2.45, 2.75) is 25.9 Å². The van der Waals surface area contributed by atoms with Gasteiger partial charge in [0.1, 0.15) is 0 Å². The van der Waals surface area contributed by atoms with E-state index in [-0.39, 0.29) is 24.4 Å². The second kappa shape index (κ2) is 10.1. The molecule has 2 heterocycles. The van der Waals surface area contributed by atoms with Gasteiger partial charge in [-0.3, -0.25) is 4.79 Å². The number of hydrogen-bond acceptors (Lipinski definition) is 4. The number of anilines is 2. The van der Waals surface area contributed by atoms with Gasteiger partial charge in [0.05, 0.1) is 23.1 Å². The van der Waals surface area contributed by atoms with Gasteiger partial charge in [-0.05, 0) is 61.9 Å². The molecule has 10 heteroatoms. The summed E-state index contributed by atoms with van der Waals surface area (Å²) in [5.41, 5.74) is 6.38. The number of nitrogens with one attached hydrogen (secondary N) is 1. The molecule has 2 aromatic rings. The third-order valence-corrected chi connectivity index (χ3v) is 7.26. The highest BCUT2D eigenvalue weighted by Crippen LogP contribution is 2.40. The summed E-state index contributed by atoms with van der Waals surface area (Å²) in [6, 6.07) is 12.5. The van der Waals surface area contributed by atoms with Crippen LogP contribution in [0.1, 0.15) is 29.5 Å². The third kappa shape index (κ3) is 5.40. The van der Waals surface area contributed by atoms with E-state index >= 15 is 0 Å². The molecular weight excluding hydrogens is 471 g/mol. The van der Waals surface area contributed by atoms with Crippen LogP contribution in [0.2, 0.25) is 0 Å². The van der Waals surface area contributed by atoms with Gasteiger partial charge < -0.3 is 20.9 Å². The van der Waals surface area contributed by atoms with E-state index in [4.69, 9.17) is 11.0 Å². The number of rotatable bonds is 4. The van der Waals surface area contributed by atoms with Gasteiger partial charge in [0.15, 0.2) is 0 Å². The average molecular weight is 500 g/mol. The smallest absolute Gasteiger partial charge is 0.370 e. The molecule has 4 rings (SSSR count). The number of aryl methyl sites for hydroxylation is 1. The predicted octanol–water partition coefficient (Wildman–Crippen LogP) is 4.37. The number of piperidine rings is 1. The highest BCUT2D eigenvalue weighted by atomic mass is 19.4. The largest absolute Gasteiger partial charge is 0.417 e. The quantitative estimate of drug-likeness (QED) is 0.652. The van der Waals surface area contributed by atoms with Crippen molar-refractivity contribution >= 4 is 23.3 Å². The maximum absolute atomic E-state index is 13.5. The van der Waals surface area contributed by atoms with Gasteiger partial charge in [0, 0.05) is 37.6 Å². The van der Waals surface area contributed by atoms with E-state index in [1.807, 2.05) is 31.2 Å². The van der Waals surface area contributed by atoms with Crippen LogP contribution in [0.4, 0.5) is 29.3 Å². The molecule has 0 aromatic heterocycles. The maximum Gasteiger partial charge on any atom is 0.417 e. The van der Waals surface area contributed by atoms with Gasteiger partial charge in [-0.15, -0.1) is 0 Å². The molecule has 36 heavy (non-hydrogen) atoms. The second-order valence-corrected chi connectivity index (χ2v) is 9.54. The zero-order valence-corrected chi connectivity index (χ0v) is 19.9. The minimum Gasteiger partial charge on any atom is -0.370 e. The Hall–Kier alpha value is -3.74. The maximum atomic E-state index is 13.5. The first kappa shape index (κ1) is 25.4. The van der Waals surface area contributed by atoms with E-state index in [1.54, 1.807) is 15.9 Å². The van der Waals surface area contributed by atoms with Crippen molar-refractivity contribution in [2.75, 3.05) is 36.4 Å². The summed E-state index contributed by atoms with van der Waals surface area (Å²) in [5, 5.41) is 12.0. The average Bonchev–Trinajstić information content (AvgIpc) is 3.30. The van der Waals surface area contributed by atoms with E-state index in [0.717, 1.165) is 17.7 Å². The van der Waals surface area contributed by atoms with Crippen molar-refractivity contribution in [1.29, 1.82) is 5.26 Å². The first-order valence-corrected chi connectivity index (χ1v) is 11.8. The topological polar surface area (TPSA) is 102 Å². The Morgan fingerprint density at radius 1 is 1.08 bits per heavy atom. The molecule has 2 aliphatic rings. The SMILES string of the molecule is Cc1ccc(NC(=O)N2CCC([C@@H]3CN(c4ccc(C#N)c(C(F)(F)F)c4)C[C@H]3C(N)=O)CC2)cc1. The molecule has 0 saturated carbocycles. The molecule has 0 aliphatic carbocycles. The minimum absolute atomic E-state index is 0.108. The van der Waals surface area contributed by atoms with Gasteiger partial charge in [-0.1, -0.05) is 17.7 Å². The number of amides is 3. The van der Waals surface area contributed by atoms with Gasteiger partial charge in [0.2, 0.25) is 5.91 Å². The zero-order chi connectivity index (χ0) is 26.0. The lowest BCUT2D eigenvalue weighted by atomic mass is 9.78. The second-order valence-electron chi connectivity index (χ2n) is 9.54. The van der Waals surface area contributed by atoms with E-state index in [2.05, 4.69) is 5.32 Å². The highest BCUT2D eigenvalue weighted by molar-refractivity contribution is 5.89. The van der Waals surface area contributed by atoms with Crippen LogP contribution >= 0.6 is 0 Å². The number of nitriles is 1. The fourth-order valence-electron chi connectivity index (χ4n) is 5.25. The summed E-state index contributed by atoms with van der Waals surface area (Å²) in [6.07, 6.45) is -3.31. The summed E-state index contributed by atoms with van der Waals surface area (Å²) in [4.78, 5) is 28.4. The third-order valence-electron chi connectivity index (χ3n) is 7.26. The van der Waals surface area contributed by atoms with Crippen molar-refractivity contribution < 1.29 is 22.8 Å². The number of nitrogens with zero attached hydrogens (tertiary/aromatic N) is 3. The number of halogens is 3. The molecule has 0 spiro atoms. The van der Waals surface area contributed by atoms with Crippen LogP contribution in [0, 0.1) is 36.0 Å². The van der Waals surface area contributed by atoms with E-state index in [9.17, 15) is 22.8 Å². The molecule has 0 radical (unpaired) electrons. The van der Waals surface area contributed by atoms with Crippen molar-refractivity contribution in [3.8, 4) is 6.07 Å². The number of likely N-dealkylation sites (tertiary alicyclic amines) is 1. The van der Waals surface area contributed by atoms with E-state index in [1.165, 1.54) is 6.07 Å². The molecule has 2 saturated heterocycles. The number of carbonyl (C=O) groups is 2. The van der Waals surface area contributed by atoms with Crippen molar-refractivity contribution in [1.82, 2.24) is 4.90 Å². The van der Waals surface area contributed by atoms with Crippen LogP contribution in [-0.2, 0) is 11.0 Å². The Morgan fingerprint density at radius 3 is 2.33 bits per heavy atom. The summed E-state index contributed by atoms with van der Waals surface area (Å²) in [5.74, 6) is -1.01. The lowest BCUT2D eigenvalue weighted by Crippen LogP contribution is -2.44. The normalized spacial score (nSPS) is 20.8. The van der Waals surface area contributed by atoms with Gasteiger partial charge in [0.25, 0.3) is 0 Å². The molecule has 190 valence electrons. The number of alkyl halides is 3. The Bertz CT molecular complexity index is 1170. The van der Waals surface area contributed by atoms with E-state index < -0.39 is 29.1 Å². The summed E-state index contributed by atoms with van der Waals surface area (Å²) in [6.45, 7) is 3.60. The molecule has 2 atom stereocenters. The monoisotopic (exact) mass is 499 g/mol. The van der Waals surface area contributed by atoms with Crippen LogP contribution in [0.15, 0.2) is 42.5 Å². The molecule has 2 aliphatic heterocycles. The lowest BCUT2D eigenvalue weighted by Gasteiger charge is -2.36. The van der Waals surface area contributed by atoms with Crippen LogP contribution in [-0.4, -0.2) is 43.0 Å². The number of nitrogens with two attached hydrogens (primary N) is 1. The minimum atomic E-state index is -4.66. The predicted molar refractivity (Wildman–Crippen MR) is 129 cm³/mol. The number of hydrogen-bond donors (Lipinski definition) is 2. The standard InChI is InChI=1S/C26H28F3N5O2/c1-16-2-5-19(6-3-16)32-25(36)33-10-8-17(9-11-33)21-14-34(15-22(21)24(31)35)20-7-4-18(13-30)23(12-20)26(27,28)29/h2-7,12,17,21-22H,8-11,14-15H2,1H3,(H2,31,35)(H,32,36)/t21-,22+/m0/s1. The molecule has 0 unspecified atom stereocenters. The fourth-order valence-corrected chi connectivity index (χ4v) is 5.25. The summed E-state index contributed by atoms with van der Waals surface area (Å²) >= 11 is 0. The summed E-state index contributed by atoms with van der Waals surface area (Å²) in [7, 11) is 0. The van der Waals surface area contributed by atoms with E-state index in [0.29, 0.717) is 43.9 Å². The van der Waals surface area contributed by atoms with Crippen LogP contribution in [0.5, 0.6) is 0 Å². The molecule has 0 bridgehead atoms. The van der Waals surface area contributed by atoms with Gasteiger partial charge in [-0.25, -0.2) is 4.79 Å². The molecule has 3 N–H and O–H groups in total. The Labute approximate surface area is 207 Å². The number of carbonyl (C=O) groups excluding carboxylic acids is 2. The molecular formula is C26H28F3N5O2. The first-order valence-electron chi connectivity index (χ1n) is 11.8. The molecule has 2 fully saturated rings. The number of urea groups is 1. The Kier molecular flexibility index (Phi) is 7.11. The highest BCUT2D eigenvalue weighted by Gasteiger charge is 2.43. The number of primary amides is 1. The molecule has 2 aromatic carbocycles. The van der Waals surface area contributed by atoms with Crippen LogP contribution < -0.4 is 16.0 Å². The van der Waals surface area contributed by atoms with Crippen molar-refractivity contribution in [3.05, 3.63) is 59.2 Å². The fraction of sp³-hybridized carbons (Fsp3) is 0.423. The zero-order valence-electron chi connectivity index (χ0n) is 19.9. The van der Waals surface area contributed by atoms with Crippen molar-refractivity contribution in [3.63, 3.8) is 0 Å². The van der Waals surface area contributed by atoms with Crippen LogP contribution in [0.25, 0.3) is 0 Å². The Morgan fingerprint density at radius 2 is 1.75 bits per heavy atom. The van der Waals surface area contributed by atoms with Gasteiger partial charge in [-0.2, -0.15) is 18.4 Å². The van der Waals surface area contributed by atoms with Gasteiger partial charge >= 0.3 is 12.2 Å². The Balaban J connectivity index is 1.43. The molecule has 7 nitrogen and oxygen atoms in total. The van der Waals surface area contributed by atoms with Crippen LogP contribution in [0.3, 0.4) is 0 Å². The first-order chi connectivity index (χ1) is 17.1.